The van der Waals surface area contributed by atoms with Crippen LogP contribution in [0.5, 0.6) is 5.75 Å². The highest BCUT2D eigenvalue weighted by Crippen LogP contribution is 2.36. The monoisotopic (exact) mass is 336 g/mol. The lowest BCUT2D eigenvalue weighted by atomic mass is 10.0. The largest absolute Gasteiger partial charge is 0.490 e. The molecule has 0 spiro atoms. The van der Waals surface area contributed by atoms with Crippen molar-refractivity contribution in [2.45, 2.75) is 18.9 Å². The Kier molecular flexibility index (Phi) is 5.77. The molecule has 0 aromatic heterocycles. The van der Waals surface area contributed by atoms with E-state index in [0.717, 1.165) is 12.1 Å². The molecule has 0 aliphatic rings. The van der Waals surface area contributed by atoms with Crippen LogP contribution in [0.1, 0.15) is 13.3 Å². The lowest BCUT2D eigenvalue weighted by molar-refractivity contribution is -0.384. The van der Waals surface area contributed by atoms with Gasteiger partial charge in [0, 0.05) is 18.6 Å². The van der Waals surface area contributed by atoms with Crippen LogP contribution in [0.15, 0.2) is 12.1 Å². The fourth-order valence-electron chi connectivity index (χ4n) is 1.49. The number of esters is 1. The number of ether oxygens (including phenoxy) is 2. The number of nitrogens with two attached hydrogens (primary N) is 1. The van der Waals surface area contributed by atoms with Crippen molar-refractivity contribution >= 4 is 34.9 Å². The Labute approximate surface area is 131 Å². The Morgan fingerprint density at radius 1 is 1.43 bits per heavy atom. The van der Waals surface area contributed by atoms with E-state index in [0.29, 0.717) is 0 Å². The Morgan fingerprint density at radius 2 is 1.95 bits per heavy atom. The van der Waals surface area contributed by atoms with Crippen LogP contribution in [-0.2, 0) is 9.53 Å². The first-order valence-electron chi connectivity index (χ1n) is 5.82. The fraction of sp³-hybridized carbons (Fsp3) is 0.417. The van der Waals surface area contributed by atoms with Crippen LogP contribution in [0.4, 0.5) is 5.69 Å². The Bertz CT molecular complexity index is 540. The van der Waals surface area contributed by atoms with Gasteiger partial charge in [-0.15, -0.1) is 0 Å². The molecule has 1 unspecified atom stereocenters. The molecule has 0 saturated carbocycles. The third-order valence-corrected chi connectivity index (χ3v) is 3.27. The Balaban J connectivity index is 2.77. The van der Waals surface area contributed by atoms with E-state index in [-0.39, 0.29) is 34.5 Å². The van der Waals surface area contributed by atoms with Crippen LogP contribution < -0.4 is 10.5 Å². The lowest BCUT2D eigenvalue weighted by Gasteiger charge is -2.21. The molecule has 116 valence electrons. The van der Waals surface area contributed by atoms with Gasteiger partial charge >= 0.3 is 5.97 Å². The van der Waals surface area contributed by atoms with Crippen LogP contribution in [0, 0.1) is 10.1 Å². The van der Waals surface area contributed by atoms with Gasteiger partial charge in [0.05, 0.1) is 28.7 Å². The molecule has 7 nitrogen and oxygen atoms in total. The molecule has 9 heteroatoms. The molecule has 1 rings (SSSR count). The first kappa shape index (κ1) is 17.5. The molecule has 1 aromatic rings. The Morgan fingerprint density at radius 3 is 2.38 bits per heavy atom. The summed E-state index contributed by atoms with van der Waals surface area (Å²) in [7, 11) is 1.23. The smallest absolute Gasteiger partial charge is 0.325 e. The topological polar surface area (TPSA) is 105 Å². The zero-order valence-electron chi connectivity index (χ0n) is 11.4. The quantitative estimate of drug-likeness (QED) is 0.486. The van der Waals surface area contributed by atoms with Gasteiger partial charge in [0.1, 0.15) is 5.54 Å². The van der Waals surface area contributed by atoms with Crippen molar-refractivity contribution in [1.29, 1.82) is 0 Å². The predicted octanol–water partition coefficient (Wildman–Crippen LogP) is 2.56. The van der Waals surface area contributed by atoms with Crippen molar-refractivity contribution in [3.05, 3.63) is 32.3 Å². The summed E-state index contributed by atoms with van der Waals surface area (Å²) in [5, 5.41) is 10.7. The number of carbonyl (C=O) groups is 1. The summed E-state index contributed by atoms with van der Waals surface area (Å²) in [6, 6.07) is 2.26. The van der Waals surface area contributed by atoms with Gasteiger partial charge in [0.2, 0.25) is 0 Å². The molecule has 2 N–H and O–H groups in total. The second kappa shape index (κ2) is 6.93. The highest BCUT2D eigenvalue weighted by atomic mass is 35.5. The molecule has 0 aliphatic heterocycles. The zero-order chi connectivity index (χ0) is 16.2. The number of nitro groups is 1. The highest BCUT2D eigenvalue weighted by molar-refractivity contribution is 6.37. The summed E-state index contributed by atoms with van der Waals surface area (Å²) in [6.45, 7) is 1.54. The molecular weight excluding hydrogens is 323 g/mol. The van der Waals surface area contributed by atoms with E-state index in [4.69, 9.17) is 33.7 Å². The second-order valence-corrected chi connectivity index (χ2v) is 5.32. The normalized spacial score (nSPS) is 13.4. The van der Waals surface area contributed by atoms with E-state index in [1.165, 1.54) is 14.0 Å². The van der Waals surface area contributed by atoms with E-state index in [1.807, 2.05) is 0 Å². The van der Waals surface area contributed by atoms with Crippen LogP contribution in [-0.4, -0.2) is 30.1 Å². The van der Waals surface area contributed by atoms with Gasteiger partial charge in [-0.3, -0.25) is 14.9 Å². The average Bonchev–Trinajstić information content (AvgIpc) is 2.40. The highest BCUT2D eigenvalue weighted by Gasteiger charge is 2.29. The minimum absolute atomic E-state index is 0.00555. The van der Waals surface area contributed by atoms with Crippen LogP contribution in [0.3, 0.4) is 0 Å². The summed E-state index contributed by atoms with van der Waals surface area (Å²) >= 11 is 11.8. The molecule has 0 amide bonds. The SMILES string of the molecule is COC(=O)C(C)(N)CCOc1c(Cl)cc([N+](=O)[O-])cc1Cl. The minimum atomic E-state index is -1.21. The van der Waals surface area contributed by atoms with Crippen molar-refractivity contribution in [2.75, 3.05) is 13.7 Å². The first-order chi connectivity index (χ1) is 9.69. The van der Waals surface area contributed by atoms with Gasteiger partial charge in [-0.1, -0.05) is 23.2 Å². The van der Waals surface area contributed by atoms with Crippen LogP contribution in [0.2, 0.25) is 10.0 Å². The van der Waals surface area contributed by atoms with Crippen molar-refractivity contribution in [3.63, 3.8) is 0 Å². The molecule has 0 bridgehead atoms. The number of hydrogen-bond donors (Lipinski definition) is 1. The van der Waals surface area contributed by atoms with E-state index in [2.05, 4.69) is 4.74 Å². The molecule has 1 aromatic carbocycles. The maximum Gasteiger partial charge on any atom is 0.325 e. The van der Waals surface area contributed by atoms with E-state index in [1.54, 1.807) is 0 Å². The second-order valence-electron chi connectivity index (χ2n) is 4.50. The molecule has 21 heavy (non-hydrogen) atoms. The number of carbonyl (C=O) groups excluding carboxylic acids is 1. The minimum Gasteiger partial charge on any atom is -0.490 e. The number of halogens is 2. The third kappa shape index (κ3) is 4.45. The Hall–Kier alpha value is -1.57. The molecule has 1 atom stereocenters. The zero-order valence-corrected chi connectivity index (χ0v) is 12.9. The van der Waals surface area contributed by atoms with Gasteiger partial charge < -0.3 is 15.2 Å². The number of nitrogens with zero attached hydrogens (tertiary/aromatic N) is 1. The molecule has 0 saturated heterocycles. The van der Waals surface area contributed by atoms with Gasteiger partial charge in [-0.05, 0) is 6.92 Å². The summed E-state index contributed by atoms with van der Waals surface area (Å²) in [5.74, 6) is -0.475. The maximum absolute atomic E-state index is 11.4. The van der Waals surface area contributed by atoms with Crippen molar-refractivity contribution in [3.8, 4) is 5.75 Å². The number of rotatable bonds is 6. The van der Waals surface area contributed by atoms with Gasteiger partial charge in [-0.2, -0.15) is 0 Å². The van der Waals surface area contributed by atoms with E-state index >= 15 is 0 Å². The standard InChI is InChI=1S/C12H14Cl2N2O5/c1-12(15,11(17)20-2)3-4-21-10-8(13)5-7(16(18)19)6-9(10)14/h5-6H,3-4,15H2,1-2H3. The van der Waals surface area contributed by atoms with E-state index in [9.17, 15) is 14.9 Å². The third-order valence-electron chi connectivity index (χ3n) is 2.71. The van der Waals surface area contributed by atoms with E-state index < -0.39 is 16.4 Å². The number of nitro benzene ring substituents is 1. The molecular formula is C12H14Cl2N2O5. The number of methoxy groups -OCH3 is 1. The van der Waals surface area contributed by atoms with Crippen molar-refractivity contribution < 1.29 is 19.2 Å². The fourth-order valence-corrected chi connectivity index (χ4v) is 2.07. The summed E-state index contributed by atoms with van der Waals surface area (Å²) in [4.78, 5) is 21.4. The molecule has 0 heterocycles. The van der Waals surface area contributed by atoms with Crippen LogP contribution >= 0.6 is 23.2 Å². The first-order valence-corrected chi connectivity index (χ1v) is 6.58. The molecule has 0 radical (unpaired) electrons. The maximum atomic E-state index is 11.4. The van der Waals surface area contributed by atoms with Gasteiger partial charge in [0.25, 0.3) is 5.69 Å². The van der Waals surface area contributed by atoms with Crippen molar-refractivity contribution in [2.24, 2.45) is 5.73 Å². The molecule has 0 fully saturated rings. The van der Waals surface area contributed by atoms with Crippen LogP contribution in [0.25, 0.3) is 0 Å². The number of non-ortho nitro benzene ring substituents is 1. The summed E-state index contributed by atoms with van der Waals surface area (Å²) < 4.78 is 9.92. The number of hydrogen-bond acceptors (Lipinski definition) is 6. The van der Waals surface area contributed by atoms with Gasteiger partial charge in [-0.25, -0.2) is 0 Å². The number of benzene rings is 1. The lowest BCUT2D eigenvalue weighted by Crippen LogP contribution is -2.46. The average molecular weight is 337 g/mol. The predicted molar refractivity (Wildman–Crippen MR) is 77.8 cm³/mol. The summed E-state index contributed by atoms with van der Waals surface area (Å²) in [6.07, 6.45) is 0.156. The molecule has 0 aliphatic carbocycles. The van der Waals surface area contributed by atoms with Gasteiger partial charge in [0.15, 0.2) is 5.75 Å². The van der Waals surface area contributed by atoms with Crippen molar-refractivity contribution in [1.82, 2.24) is 0 Å². The summed E-state index contributed by atoms with van der Waals surface area (Å²) in [5.41, 5.74) is 4.31.